The van der Waals surface area contributed by atoms with Crippen molar-refractivity contribution in [1.29, 1.82) is 0 Å². The predicted octanol–water partition coefficient (Wildman–Crippen LogP) is 3.73. The van der Waals surface area contributed by atoms with E-state index in [1.807, 2.05) is 6.07 Å². The topological polar surface area (TPSA) is 72.8 Å². The lowest BCUT2D eigenvalue weighted by molar-refractivity contribution is -0.274. The summed E-state index contributed by atoms with van der Waals surface area (Å²) in [5.74, 6) is -0.339. The van der Waals surface area contributed by atoms with E-state index >= 15 is 0 Å². The van der Waals surface area contributed by atoms with E-state index < -0.39 is 6.36 Å². The molecule has 0 saturated heterocycles. The van der Waals surface area contributed by atoms with Crippen LogP contribution in [0.4, 0.5) is 13.2 Å². The number of fused-ring (bicyclic) bond motifs is 1. The number of hydrogen-bond donors (Lipinski definition) is 1. The highest BCUT2D eigenvalue weighted by molar-refractivity contribution is 5.83. The molecule has 2 aromatic carbocycles. The maximum atomic E-state index is 12.9. The number of hydrogen-bond acceptors (Lipinski definition) is 4. The van der Waals surface area contributed by atoms with Crippen molar-refractivity contribution < 1.29 is 17.9 Å². The average Bonchev–Trinajstić information content (AvgIpc) is 3.17. The highest BCUT2D eigenvalue weighted by Crippen LogP contribution is 2.24. The van der Waals surface area contributed by atoms with Gasteiger partial charge in [0.15, 0.2) is 0 Å². The molecule has 0 fully saturated rings. The fourth-order valence-corrected chi connectivity index (χ4v) is 2.90. The second kappa shape index (κ2) is 6.84. The molecular formula is C19H13F3N4O2. The fraction of sp³-hybridized carbons (Fsp3) is 0.105. The molecule has 0 atom stereocenters. The van der Waals surface area contributed by atoms with Gasteiger partial charge in [0.2, 0.25) is 0 Å². The Morgan fingerprint density at radius 3 is 2.71 bits per heavy atom. The van der Waals surface area contributed by atoms with Crippen LogP contribution in [0.3, 0.4) is 0 Å². The summed E-state index contributed by atoms with van der Waals surface area (Å²) < 4.78 is 42.5. The number of ether oxygens (including phenoxy) is 1. The van der Waals surface area contributed by atoms with E-state index in [2.05, 4.69) is 19.9 Å². The quantitative estimate of drug-likeness (QED) is 0.580. The van der Waals surface area contributed by atoms with Gasteiger partial charge in [-0.2, -0.15) is 5.10 Å². The van der Waals surface area contributed by atoms with Crippen LogP contribution in [0.5, 0.6) is 5.75 Å². The van der Waals surface area contributed by atoms with Crippen LogP contribution in [0.15, 0.2) is 66.0 Å². The molecule has 0 aliphatic heterocycles. The first-order chi connectivity index (χ1) is 13.4. The Hall–Kier alpha value is -3.62. The Bertz CT molecular complexity index is 1180. The van der Waals surface area contributed by atoms with Crippen molar-refractivity contribution in [3.63, 3.8) is 0 Å². The van der Waals surface area contributed by atoms with Crippen molar-refractivity contribution >= 4 is 10.9 Å². The molecule has 1 N–H and O–H groups in total. The molecule has 4 rings (SSSR count). The van der Waals surface area contributed by atoms with Crippen molar-refractivity contribution in [2.45, 2.75) is 12.9 Å². The van der Waals surface area contributed by atoms with Gasteiger partial charge in [0.1, 0.15) is 5.75 Å². The maximum Gasteiger partial charge on any atom is 0.573 e. The fourth-order valence-electron chi connectivity index (χ4n) is 2.90. The number of nitrogens with zero attached hydrogens (tertiary/aromatic N) is 3. The van der Waals surface area contributed by atoms with Crippen LogP contribution >= 0.6 is 0 Å². The summed E-state index contributed by atoms with van der Waals surface area (Å²) >= 11 is 0. The van der Waals surface area contributed by atoms with Gasteiger partial charge in [0.05, 0.1) is 30.0 Å². The van der Waals surface area contributed by atoms with E-state index in [0.717, 1.165) is 11.1 Å². The monoisotopic (exact) mass is 386 g/mol. The smallest absolute Gasteiger partial charge is 0.406 e. The molecule has 6 nitrogen and oxygen atoms in total. The first-order valence-corrected chi connectivity index (χ1v) is 8.22. The largest absolute Gasteiger partial charge is 0.573 e. The summed E-state index contributed by atoms with van der Waals surface area (Å²) in [6.45, 7) is 0.0623. The summed E-state index contributed by atoms with van der Waals surface area (Å²) in [4.78, 5) is 17.1. The predicted molar refractivity (Wildman–Crippen MR) is 95.8 cm³/mol. The van der Waals surface area contributed by atoms with E-state index in [0.29, 0.717) is 16.5 Å². The molecule has 0 radical (unpaired) electrons. The molecule has 0 spiro atoms. The molecule has 0 aliphatic carbocycles. The number of halogens is 3. The first-order valence-electron chi connectivity index (χ1n) is 8.22. The Kier molecular flexibility index (Phi) is 4.34. The number of aromatic amines is 1. The van der Waals surface area contributed by atoms with E-state index in [1.54, 1.807) is 30.6 Å². The lowest BCUT2D eigenvalue weighted by atomic mass is 10.1. The Morgan fingerprint density at radius 1 is 1.11 bits per heavy atom. The van der Waals surface area contributed by atoms with Crippen LogP contribution in [0.1, 0.15) is 5.56 Å². The van der Waals surface area contributed by atoms with Crippen LogP contribution in [0.2, 0.25) is 0 Å². The summed E-state index contributed by atoms with van der Waals surface area (Å²) in [5, 5.41) is 7.01. The van der Waals surface area contributed by atoms with Gasteiger partial charge in [-0.3, -0.25) is 14.5 Å². The van der Waals surface area contributed by atoms with Gasteiger partial charge in [0.25, 0.3) is 5.56 Å². The van der Waals surface area contributed by atoms with Gasteiger partial charge in [0, 0.05) is 11.8 Å². The zero-order chi connectivity index (χ0) is 19.7. The number of nitrogens with one attached hydrogen (secondary N) is 1. The zero-order valence-corrected chi connectivity index (χ0v) is 14.3. The van der Waals surface area contributed by atoms with Crippen LogP contribution in [0.25, 0.3) is 22.0 Å². The molecule has 9 heteroatoms. The third kappa shape index (κ3) is 3.73. The second-order valence-electron chi connectivity index (χ2n) is 6.09. The van der Waals surface area contributed by atoms with Crippen LogP contribution in [-0.4, -0.2) is 26.1 Å². The number of benzene rings is 2. The molecule has 0 amide bonds. The Morgan fingerprint density at radius 2 is 1.96 bits per heavy atom. The lowest BCUT2D eigenvalue weighted by Crippen LogP contribution is -2.21. The van der Waals surface area contributed by atoms with Crippen molar-refractivity contribution in [1.82, 2.24) is 19.7 Å². The molecule has 2 aromatic heterocycles. The van der Waals surface area contributed by atoms with Crippen molar-refractivity contribution in [2.75, 3.05) is 0 Å². The molecule has 0 saturated carbocycles. The maximum absolute atomic E-state index is 12.9. The lowest BCUT2D eigenvalue weighted by Gasteiger charge is -2.11. The SMILES string of the molecule is O=c1c2cc(-c3cn[nH]c3)ccc2ncn1Cc1cccc(OC(F)(F)F)c1. The second-order valence-corrected chi connectivity index (χ2v) is 6.09. The molecule has 142 valence electrons. The zero-order valence-electron chi connectivity index (χ0n) is 14.3. The summed E-state index contributed by atoms with van der Waals surface area (Å²) in [5.41, 5.74) is 2.35. The van der Waals surface area contributed by atoms with Crippen molar-refractivity contribution in [2.24, 2.45) is 0 Å². The van der Waals surface area contributed by atoms with Crippen molar-refractivity contribution in [3.05, 3.63) is 77.1 Å². The number of alkyl halides is 3. The van der Waals surface area contributed by atoms with Crippen LogP contribution < -0.4 is 10.3 Å². The van der Waals surface area contributed by atoms with Gasteiger partial charge in [-0.05, 0) is 35.4 Å². The third-order valence-electron chi connectivity index (χ3n) is 4.14. The Labute approximate surface area is 156 Å². The molecule has 0 aliphatic rings. The number of H-pyrrole nitrogens is 1. The first kappa shape index (κ1) is 17.8. The third-order valence-corrected chi connectivity index (χ3v) is 4.14. The van der Waals surface area contributed by atoms with Gasteiger partial charge in [-0.1, -0.05) is 18.2 Å². The van der Waals surface area contributed by atoms with Crippen molar-refractivity contribution in [3.8, 4) is 16.9 Å². The van der Waals surface area contributed by atoms with E-state index in [4.69, 9.17) is 0 Å². The van der Waals surface area contributed by atoms with Crippen LogP contribution in [-0.2, 0) is 6.54 Å². The average molecular weight is 386 g/mol. The molecule has 0 bridgehead atoms. The van der Waals surface area contributed by atoms with Gasteiger partial charge < -0.3 is 4.74 Å². The summed E-state index contributed by atoms with van der Waals surface area (Å²) in [6.07, 6.45) is -0.0483. The van der Waals surface area contributed by atoms with Gasteiger partial charge >= 0.3 is 6.36 Å². The summed E-state index contributed by atoms with van der Waals surface area (Å²) in [7, 11) is 0. The number of aromatic nitrogens is 4. The molecule has 28 heavy (non-hydrogen) atoms. The van der Waals surface area contributed by atoms with Gasteiger partial charge in [-0.25, -0.2) is 4.98 Å². The molecule has 2 heterocycles. The normalized spacial score (nSPS) is 11.7. The highest BCUT2D eigenvalue weighted by atomic mass is 19.4. The molecular weight excluding hydrogens is 373 g/mol. The minimum absolute atomic E-state index is 0.0623. The number of rotatable bonds is 4. The Balaban J connectivity index is 1.69. The highest BCUT2D eigenvalue weighted by Gasteiger charge is 2.31. The van der Waals surface area contributed by atoms with Crippen LogP contribution in [0, 0.1) is 0 Å². The minimum atomic E-state index is -4.77. The molecule has 0 unspecified atom stereocenters. The van der Waals surface area contributed by atoms with Gasteiger partial charge in [-0.15, -0.1) is 13.2 Å². The van der Waals surface area contributed by atoms with E-state index in [-0.39, 0.29) is 17.9 Å². The van der Waals surface area contributed by atoms with E-state index in [9.17, 15) is 18.0 Å². The standard InChI is InChI=1S/C19H13F3N4O2/c20-19(21,22)28-15-3-1-2-12(6-15)10-26-11-23-17-5-4-13(7-16(17)18(26)27)14-8-24-25-9-14/h1-9,11H,10H2,(H,24,25). The van der Waals surface area contributed by atoms with E-state index in [1.165, 1.54) is 29.1 Å². The molecule has 4 aromatic rings. The minimum Gasteiger partial charge on any atom is -0.406 e. The summed E-state index contributed by atoms with van der Waals surface area (Å²) in [6, 6.07) is 10.8.